The first-order valence-corrected chi connectivity index (χ1v) is 17.3. The van der Waals surface area contributed by atoms with Gasteiger partial charge >= 0.3 is 0 Å². The van der Waals surface area contributed by atoms with Crippen molar-refractivity contribution in [3.05, 3.63) is 42.5 Å². The molecule has 3 heterocycles. The third-order valence-corrected chi connectivity index (χ3v) is 9.65. The van der Waals surface area contributed by atoms with Crippen LogP contribution in [0.3, 0.4) is 0 Å². The van der Waals surface area contributed by atoms with Crippen molar-refractivity contribution < 1.29 is 23.5 Å². The van der Waals surface area contributed by atoms with Crippen molar-refractivity contribution in [3.8, 4) is 5.75 Å². The van der Waals surface area contributed by atoms with Gasteiger partial charge in [-0.2, -0.15) is 0 Å². The van der Waals surface area contributed by atoms with Crippen LogP contribution in [-0.2, 0) is 14.4 Å². The Labute approximate surface area is 317 Å². The molecule has 3 aromatic rings. The summed E-state index contributed by atoms with van der Waals surface area (Å²) in [6.07, 6.45) is 2.52. The molecule has 0 aliphatic carbocycles. The first-order valence-electron chi connectivity index (χ1n) is 17.3. The van der Waals surface area contributed by atoms with Crippen molar-refractivity contribution in [2.24, 2.45) is 5.41 Å². The molecule has 0 saturated carbocycles. The standard InChI is InChI=1S/C36H50FN9O4.2ClH/c1-8-44-14-16-45(17-15-44)28-12-11-23(18-25(28)37)41-32-24-19-27(30(50-7)20-26(24)39-21-40-32)42-34(48)29-10-9-13-46(29)35(49)31(36(3,4)5)43-33(47)22(2)38-6;;/h11-12,18-22,29,31,38H,8-10,13-17H2,1-7H3,(H,42,48)(H,43,47)(H,39,40,41);2*1H/t22-,29?,31+;;/m0../s1. The third kappa shape index (κ3) is 9.51. The van der Waals surface area contributed by atoms with Gasteiger partial charge in [-0.25, -0.2) is 14.4 Å². The van der Waals surface area contributed by atoms with Gasteiger partial charge < -0.3 is 40.7 Å². The lowest BCUT2D eigenvalue weighted by atomic mass is 9.85. The van der Waals surface area contributed by atoms with Crippen LogP contribution in [0.25, 0.3) is 10.9 Å². The van der Waals surface area contributed by atoms with Crippen LogP contribution >= 0.6 is 24.8 Å². The number of hydrogen-bond acceptors (Lipinski definition) is 10. The number of amides is 3. The van der Waals surface area contributed by atoms with Crippen LogP contribution in [0.15, 0.2) is 36.7 Å². The van der Waals surface area contributed by atoms with Crippen LogP contribution < -0.4 is 30.9 Å². The molecule has 286 valence electrons. The Bertz CT molecular complexity index is 1720. The Morgan fingerprint density at radius 3 is 2.37 bits per heavy atom. The van der Waals surface area contributed by atoms with Gasteiger partial charge in [-0.3, -0.25) is 14.4 Å². The summed E-state index contributed by atoms with van der Waals surface area (Å²) >= 11 is 0. The van der Waals surface area contributed by atoms with Crippen molar-refractivity contribution >= 4 is 76.3 Å². The van der Waals surface area contributed by atoms with Crippen molar-refractivity contribution in [1.82, 2.24) is 30.4 Å². The molecule has 1 aromatic heterocycles. The van der Waals surface area contributed by atoms with Crippen LogP contribution in [-0.4, -0.2) is 109 Å². The lowest BCUT2D eigenvalue weighted by molar-refractivity contribution is -0.143. The highest BCUT2D eigenvalue weighted by Gasteiger charge is 2.42. The second-order valence-electron chi connectivity index (χ2n) is 14.0. The zero-order chi connectivity index (χ0) is 36.2. The number of methoxy groups -OCH3 is 1. The first-order chi connectivity index (χ1) is 23.8. The van der Waals surface area contributed by atoms with E-state index in [1.54, 1.807) is 37.1 Å². The average molecular weight is 765 g/mol. The van der Waals surface area contributed by atoms with Crippen molar-refractivity contribution in [1.29, 1.82) is 0 Å². The summed E-state index contributed by atoms with van der Waals surface area (Å²) in [4.78, 5) is 55.3. The number of ether oxygens (including phenoxy) is 1. The SMILES string of the molecule is CCN1CCN(c2ccc(Nc3ncnc4cc(OC)c(NC(=O)C5CCCN5C(=O)[C@@H](NC(=O)[C@H](C)NC)C(C)(C)C)cc34)cc2F)CC1.Cl.Cl. The number of carbonyl (C=O) groups excluding carboxylic acids is 3. The molecule has 2 aromatic carbocycles. The van der Waals surface area contributed by atoms with E-state index in [9.17, 15) is 14.4 Å². The number of fused-ring (bicyclic) bond motifs is 1. The van der Waals surface area contributed by atoms with E-state index in [0.29, 0.717) is 58.9 Å². The quantitative estimate of drug-likeness (QED) is 0.219. The van der Waals surface area contributed by atoms with Gasteiger partial charge in [-0.1, -0.05) is 27.7 Å². The Kier molecular flexibility index (Phi) is 14.8. The highest BCUT2D eigenvalue weighted by atomic mass is 35.5. The number of hydrogen-bond donors (Lipinski definition) is 4. The second-order valence-corrected chi connectivity index (χ2v) is 14.0. The minimum atomic E-state index is -0.828. The molecule has 0 bridgehead atoms. The van der Waals surface area contributed by atoms with E-state index in [0.717, 1.165) is 32.7 Å². The third-order valence-electron chi connectivity index (χ3n) is 9.65. The van der Waals surface area contributed by atoms with E-state index < -0.39 is 23.5 Å². The number of benzene rings is 2. The van der Waals surface area contributed by atoms with Crippen molar-refractivity contribution in [2.45, 2.75) is 65.6 Å². The zero-order valence-electron chi connectivity index (χ0n) is 30.9. The molecule has 2 saturated heterocycles. The molecule has 0 radical (unpaired) electrons. The highest BCUT2D eigenvalue weighted by Crippen LogP contribution is 2.35. The topological polar surface area (TPSA) is 144 Å². The molecule has 3 amide bonds. The van der Waals surface area contributed by atoms with Crippen molar-refractivity contribution in [2.75, 3.05) is 69.0 Å². The number of piperazine rings is 1. The number of likely N-dealkylation sites (tertiary alicyclic amines) is 1. The maximum atomic E-state index is 15.4. The number of nitrogens with one attached hydrogen (secondary N) is 4. The Balaban J connectivity index is 0.00000364. The maximum Gasteiger partial charge on any atom is 0.247 e. The van der Waals surface area contributed by atoms with E-state index in [1.165, 1.54) is 19.5 Å². The number of likely N-dealkylation sites (N-methyl/N-ethyl adjacent to an activating group) is 2. The van der Waals surface area contributed by atoms with Gasteiger partial charge in [0.1, 0.15) is 35.8 Å². The summed E-state index contributed by atoms with van der Waals surface area (Å²) in [5, 5.41) is 12.6. The lowest BCUT2D eigenvalue weighted by Gasteiger charge is -2.36. The van der Waals surface area contributed by atoms with Gasteiger partial charge in [-0.15, -0.1) is 24.8 Å². The summed E-state index contributed by atoms with van der Waals surface area (Å²) in [7, 11) is 3.18. The molecule has 13 nitrogen and oxygen atoms in total. The van der Waals surface area contributed by atoms with Gasteiger partial charge in [0.15, 0.2) is 0 Å². The number of nitrogens with zero attached hydrogens (tertiary/aromatic N) is 5. The smallest absolute Gasteiger partial charge is 0.247 e. The molecule has 4 N–H and O–H groups in total. The van der Waals surface area contributed by atoms with E-state index in [2.05, 4.69) is 48.0 Å². The Hall–Kier alpha value is -3.98. The molecule has 1 unspecified atom stereocenters. The van der Waals surface area contributed by atoms with Gasteiger partial charge in [0, 0.05) is 49.9 Å². The fourth-order valence-electron chi connectivity index (χ4n) is 6.46. The molecule has 52 heavy (non-hydrogen) atoms. The molecule has 2 fully saturated rings. The summed E-state index contributed by atoms with van der Waals surface area (Å²) in [5.74, 6) is -0.496. The minimum Gasteiger partial charge on any atom is -0.494 e. The average Bonchev–Trinajstić information content (AvgIpc) is 3.60. The molecule has 0 spiro atoms. The number of halogens is 3. The molecule has 16 heteroatoms. The maximum absolute atomic E-state index is 15.4. The molecule has 2 aliphatic heterocycles. The number of rotatable bonds is 11. The fraction of sp³-hybridized carbons (Fsp3) is 0.528. The van der Waals surface area contributed by atoms with Crippen LogP contribution in [0.1, 0.15) is 47.5 Å². The lowest BCUT2D eigenvalue weighted by Crippen LogP contribution is -2.59. The Morgan fingerprint density at radius 1 is 1.04 bits per heavy atom. The highest BCUT2D eigenvalue weighted by molar-refractivity contribution is 6.03. The van der Waals surface area contributed by atoms with Crippen molar-refractivity contribution in [3.63, 3.8) is 0 Å². The van der Waals surface area contributed by atoms with E-state index >= 15 is 4.39 Å². The van der Waals surface area contributed by atoms with Crippen LogP contribution in [0.5, 0.6) is 5.75 Å². The van der Waals surface area contributed by atoms with Gasteiger partial charge in [-0.05, 0) is 63.0 Å². The molecular formula is C36H52Cl2FN9O4. The summed E-state index contributed by atoms with van der Waals surface area (Å²) in [6, 6.07) is 6.41. The monoisotopic (exact) mass is 763 g/mol. The Morgan fingerprint density at radius 2 is 1.75 bits per heavy atom. The summed E-state index contributed by atoms with van der Waals surface area (Å²) < 4.78 is 21.0. The van der Waals surface area contributed by atoms with E-state index in [4.69, 9.17) is 4.74 Å². The largest absolute Gasteiger partial charge is 0.494 e. The minimum absolute atomic E-state index is 0. The van der Waals surface area contributed by atoms with Crippen LogP contribution in [0.4, 0.5) is 27.3 Å². The molecule has 3 atom stereocenters. The molecule has 2 aliphatic rings. The first kappa shape index (κ1) is 42.4. The molecule has 5 rings (SSSR count). The van der Waals surface area contributed by atoms with E-state index in [1.807, 2.05) is 26.8 Å². The number of anilines is 4. The molecular weight excluding hydrogens is 712 g/mol. The predicted molar refractivity (Wildman–Crippen MR) is 208 cm³/mol. The van der Waals surface area contributed by atoms with Gasteiger partial charge in [0.2, 0.25) is 17.7 Å². The zero-order valence-corrected chi connectivity index (χ0v) is 32.5. The predicted octanol–water partition coefficient (Wildman–Crippen LogP) is 4.57. The normalized spacial score (nSPS) is 17.4. The summed E-state index contributed by atoms with van der Waals surface area (Å²) in [5.41, 5.74) is 1.42. The van der Waals surface area contributed by atoms with Gasteiger partial charge in [0.25, 0.3) is 0 Å². The number of carbonyl (C=O) groups is 3. The number of aromatic nitrogens is 2. The van der Waals surface area contributed by atoms with Crippen LogP contribution in [0, 0.1) is 11.2 Å². The second kappa shape index (κ2) is 18.2. The van der Waals surface area contributed by atoms with Crippen LogP contribution in [0.2, 0.25) is 0 Å². The van der Waals surface area contributed by atoms with E-state index in [-0.39, 0.29) is 48.4 Å². The summed E-state index contributed by atoms with van der Waals surface area (Å²) in [6.45, 7) is 14.2. The fourth-order valence-corrected chi connectivity index (χ4v) is 6.46. The van der Waals surface area contributed by atoms with Gasteiger partial charge in [0.05, 0.1) is 30.0 Å².